The van der Waals surface area contributed by atoms with Crippen molar-refractivity contribution in [2.45, 2.75) is 0 Å². The fraction of sp³-hybridized carbons (Fsp3) is 0.308. The number of carboxylic acids is 1. The first-order chi connectivity index (χ1) is 8.54. The zero-order chi connectivity index (χ0) is 13.5. The van der Waals surface area contributed by atoms with Crippen molar-refractivity contribution in [3.8, 4) is 0 Å². The average Bonchev–Trinajstić information content (AvgIpc) is 2.33. The van der Waals surface area contributed by atoms with E-state index in [0.717, 1.165) is 11.8 Å². The number of rotatable bonds is 6. The molecule has 0 radical (unpaired) electrons. The quantitative estimate of drug-likeness (QED) is 0.788. The van der Waals surface area contributed by atoms with E-state index in [4.69, 9.17) is 9.84 Å². The van der Waals surface area contributed by atoms with Gasteiger partial charge in [-0.1, -0.05) is 0 Å². The highest BCUT2D eigenvalue weighted by atomic mass is 19.1. The molecule has 1 aromatic carbocycles. The lowest BCUT2D eigenvalue weighted by atomic mass is 10.1. The molecule has 5 heteroatoms. The summed E-state index contributed by atoms with van der Waals surface area (Å²) in [5.41, 5.74) is 1.28. The summed E-state index contributed by atoms with van der Waals surface area (Å²) in [6.45, 7) is 1.17. The Kier molecular flexibility index (Phi) is 5.32. The Hall–Kier alpha value is -1.88. The first-order valence-corrected chi connectivity index (χ1v) is 5.45. The smallest absolute Gasteiger partial charge is 0.328 e. The van der Waals surface area contributed by atoms with Crippen LogP contribution in [0.25, 0.3) is 6.08 Å². The second-order valence-corrected chi connectivity index (χ2v) is 3.79. The maximum absolute atomic E-state index is 13.2. The number of ether oxygens (including phenoxy) is 1. The molecule has 0 atom stereocenters. The van der Waals surface area contributed by atoms with Gasteiger partial charge in [0.25, 0.3) is 0 Å². The molecule has 0 unspecified atom stereocenters. The van der Waals surface area contributed by atoms with Crippen LogP contribution in [0.5, 0.6) is 0 Å². The van der Waals surface area contributed by atoms with Crippen molar-refractivity contribution in [1.82, 2.24) is 0 Å². The van der Waals surface area contributed by atoms with Crippen molar-refractivity contribution < 1.29 is 19.0 Å². The number of likely N-dealkylation sites (N-methyl/N-ethyl adjacent to an activating group) is 1. The Balaban J connectivity index is 2.98. The number of carboxylic acid groups (broad SMARTS) is 1. The Labute approximate surface area is 105 Å². The minimum Gasteiger partial charge on any atom is -0.478 e. The summed E-state index contributed by atoms with van der Waals surface area (Å²) in [7, 11) is 3.44. The van der Waals surface area contributed by atoms with Gasteiger partial charge in [-0.2, -0.15) is 0 Å². The van der Waals surface area contributed by atoms with E-state index in [-0.39, 0.29) is 0 Å². The summed E-state index contributed by atoms with van der Waals surface area (Å²) < 4.78 is 18.1. The fourth-order valence-electron chi connectivity index (χ4n) is 1.52. The van der Waals surface area contributed by atoms with Gasteiger partial charge >= 0.3 is 5.97 Å². The highest BCUT2D eigenvalue weighted by Gasteiger charge is 2.07. The second kappa shape index (κ2) is 6.76. The molecule has 0 aliphatic rings. The van der Waals surface area contributed by atoms with Crippen LogP contribution in [0.1, 0.15) is 5.56 Å². The molecular weight excluding hydrogens is 237 g/mol. The van der Waals surface area contributed by atoms with Crippen LogP contribution in [0.4, 0.5) is 10.1 Å². The molecule has 0 heterocycles. The first kappa shape index (κ1) is 14.2. The Morgan fingerprint density at radius 1 is 1.56 bits per heavy atom. The number of aliphatic carboxylic acids is 1. The minimum absolute atomic E-state index is 0.399. The SMILES string of the molecule is COCCN(C)c1ccc(F)cc1/C=C/C(=O)O. The van der Waals surface area contributed by atoms with E-state index in [1.165, 1.54) is 18.2 Å². The molecule has 0 aliphatic carbocycles. The van der Waals surface area contributed by atoms with Gasteiger partial charge in [-0.15, -0.1) is 0 Å². The van der Waals surface area contributed by atoms with Gasteiger partial charge in [0.05, 0.1) is 6.61 Å². The van der Waals surface area contributed by atoms with Crippen LogP contribution in [-0.4, -0.2) is 38.4 Å². The summed E-state index contributed by atoms with van der Waals surface area (Å²) in [4.78, 5) is 12.4. The summed E-state index contributed by atoms with van der Waals surface area (Å²) in [5, 5.41) is 8.60. The van der Waals surface area contributed by atoms with E-state index >= 15 is 0 Å². The van der Waals surface area contributed by atoms with Crippen LogP contribution in [0.2, 0.25) is 0 Å². The second-order valence-electron chi connectivity index (χ2n) is 3.79. The predicted octanol–water partition coefficient (Wildman–Crippen LogP) is 2.01. The molecular formula is C13H16FNO3. The molecule has 0 spiro atoms. The van der Waals surface area contributed by atoms with Crippen LogP contribution in [0, 0.1) is 5.82 Å². The lowest BCUT2D eigenvalue weighted by Crippen LogP contribution is -2.22. The molecule has 1 rings (SSSR count). The van der Waals surface area contributed by atoms with Crippen molar-refractivity contribution >= 4 is 17.7 Å². The van der Waals surface area contributed by atoms with E-state index in [2.05, 4.69) is 0 Å². The molecule has 1 N–H and O–H groups in total. The van der Waals surface area contributed by atoms with Crippen molar-refractivity contribution in [3.63, 3.8) is 0 Å². The molecule has 0 fully saturated rings. The van der Waals surface area contributed by atoms with Crippen LogP contribution in [0.15, 0.2) is 24.3 Å². The van der Waals surface area contributed by atoms with Gasteiger partial charge in [0.1, 0.15) is 5.82 Å². The molecule has 4 nitrogen and oxygen atoms in total. The van der Waals surface area contributed by atoms with E-state index in [0.29, 0.717) is 18.7 Å². The van der Waals surface area contributed by atoms with Gasteiger partial charge in [0, 0.05) is 38.0 Å². The van der Waals surface area contributed by atoms with Gasteiger partial charge in [-0.05, 0) is 24.3 Å². The molecule has 0 saturated carbocycles. The number of hydrogen-bond acceptors (Lipinski definition) is 3. The number of hydrogen-bond donors (Lipinski definition) is 1. The third kappa shape index (κ3) is 4.18. The summed E-state index contributed by atoms with van der Waals surface area (Å²) in [6.07, 6.45) is 2.37. The molecule has 98 valence electrons. The topological polar surface area (TPSA) is 49.8 Å². The monoisotopic (exact) mass is 253 g/mol. The van der Waals surface area contributed by atoms with Gasteiger partial charge in [0.15, 0.2) is 0 Å². The lowest BCUT2D eigenvalue weighted by molar-refractivity contribution is -0.131. The molecule has 0 amide bonds. The maximum Gasteiger partial charge on any atom is 0.328 e. The summed E-state index contributed by atoms with van der Waals surface area (Å²) in [6, 6.07) is 4.27. The van der Waals surface area contributed by atoms with Crippen molar-refractivity contribution in [2.24, 2.45) is 0 Å². The fourth-order valence-corrected chi connectivity index (χ4v) is 1.52. The van der Waals surface area contributed by atoms with Gasteiger partial charge in [-0.25, -0.2) is 9.18 Å². The summed E-state index contributed by atoms with van der Waals surface area (Å²) >= 11 is 0. The largest absolute Gasteiger partial charge is 0.478 e. The number of nitrogens with zero attached hydrogens (tertiary/aromatic N) is 1. The van der Waals surface area contributed by atoms with E-state index in [1.807, 2.05) is 11.9 Å². The molecule has 18 heavy (non-hydrogen) atoms. The van der Waals surface area contributed by atoms with E-state index < -0.39 is 11.8 Å². The number of methoxy groups -OCH3 is 1. The lowest BCUT2D eigenvalue weighted by Gasteiger charge is -2.21. The molecule has 0 aromatic heterocycles. The van der Waals surface area contributed by atoms with Crippen LogP contribution >= 0.6 is 0 Å². The number of carbonyl (C=O) groups is 1. The third-order valence-electron chi connectivity index (χ3n) is 2.44. The zero-order valence-electron chi connectivity index (χ0n) is 10.4. The zero-order valence-corrected chi connectivity index (χ0v) is 10.4. The Morgan fingerprint density at radius 2 is 2.28 bits per heavy atom. The van der Waals surface area contributed by atoms with E-state index in [9.17, 15) is 9.18 Å². The normalized spacial score (nSPS) is 10.8. The Bertz CT molecular complexity index is 446. The average molecular weight is 253 g/mol. The number of anilines is 1. The van der Waals surface area contributed by atoms with Gasteiger partial charge in [0.2, 0.25) is 0 Å². The van der Waals surface area contributed by atoms with E-state index in [1.54, 1.807) is 13.2 Å². The number of benzene rings is 1. The van der Waals surface area contributed by atoms with Crippen molar-refractivity contribution in [3.05, 3.63) is 35.7 Å². The molecule has 0 aliphatic heterocycles. The van der Waals surface area contributed by atoms with Crippen molar-refractivity contribution in [1.29, 1.82) is 0 Å². The molecule has 0 saturated heterocycles. The predicted molar refractivity (Wildman–Crippen MR) is 68.2 cm³/mol. The minimum atomic E-state index is -1.07. The van der Waals surface area contributed by atoms with Crippen LogP contribution < -0.4 is 4.90 Å². The standard InChI is InChI=1S/C13H16FNO3/c1-15(7-8-18-2)12-5-4-11(14)9-10(12)3-6-13(16)17/h3-6,9H,7-8H2,1-2H3,(H,16,17)/b6-3+. The maximum atomic E-state index is 13.2. The third-order valence-corrected chi connectivity index (χ3v) is 2.44. The Morgan fingerprint density at radius 3 is 2.89 bits per heavy atom. The van der Waals surface area contributed by atoms with Gasteiger partial charge < -0.3 is 14.7 Å². The van der Waals surface area contributed by atoms with Crippen molar-refractivity contribution in [2.75, 3.05) is 32.2 Å². The number of halogens is 1. The highest BCUT2D eigenvalue weighted by molar-refractivity contribution is 5.87. The van der Waals surface area contributed by atoms with Crippen LogP contribution in [0.3, 0.4) is 0 Å². The highest BCUT2D eigenvalue weighted by Crippen LogP contribution is 2.22. The van der Waals surface area contributed by atoms with Crippen LogP contribution in [-0.2, 0) is 9.53 Å². The summed E-state index contributed by atoms with van der Waals surface area (Å²) in [5.74, 6) is -1.46. The molecule has 0 bridgehead atoms. The van der Waals surface area contributed by atoms with Gasteiger partial charge in [-0.3, -0.25) is 0 Å². The first-order valence-electron chi connectivity index (χ1n) is 5.45. The molecule has 1 aromatic rings.